The van der Waals surface area contributed by atoms with Gasteiger partial charge in [0.1, 0.15) is 6.04 Å². The predicted octanol–water partition coefficient (Wildman–Crippen LogP) is 2.61. The predicted molar refractivity (Wildman–Crippen MR) is 124 cm³/mol. The van der Waals surface area contributed by atoms with Gasteiger partial charge in [-0.05, 0) is 62.2 Å². The van der Waals surface area contributed by atoms with Gasteiger partial charge >= 0.3 is 0 Å². The number of imide groups is 2. The van der Waals surface area contributed by atoms with Crippen LogP contribution in [0.1, 0.15) is 63.6 Å². The van der Waals surface area contributed by atoms with Crippen LogP contribution >= 0.6 is 0 Å². The Hall–Kier alpha value is -3.85. The standard InChI is InChI=1S/C26H24N4O5/c31-22-8-7-20(24(32)27-22)30-25(33)17-6-5-15(13-19(17)26(30)34)14-29-11-9-16(10-12-29)23-18-3-1-2-4-21(18)35-28-23/h1-6,13,16,20H,7-12,14H2,(H,27,31,32). The Morgan fingerprint density at radius 3 is 2.51 bits per heavy atom. The second kappa shape index (κ2) is 8.42. The van der Waals surface area contributed by atoms with E-state index in [1.807, 2.05) is 24.3 Å². The van der Waals surface area contributed by atoms with Crippen molar-refractivity contribution in [1.29, 1.82) is 0 Å². The molecule has 3 aromatic rings. The minimum absolute atomic E-state index is 0.106. The summed E-state index contributed by atoms with van der Waals surface area (Å²) in [5.41, 5.74) is 3.41. The van der Waals surface area contributed by atoms with Crippen LogP contribution < -0.4 is 5.32 Å². The first kappa shape index (κ1) is 21.7. The molecule has 4 heterocycles. The lowest BCUT2D eigenvalue weighted by Gasteiger charge is -2.31. The smallest absolute Gasteiger partial charge is 0.262 e. The van der Waals surface area contributed by atoms with Gasteiger partial charge in [-0.3, -0.25) is 34.3 Å². The van der Waals surface area contributed by atoms with Crippen molar-refractivity contribution in [3.05, 3.63) is 64.8 Å². The number of hydrogen-bond donors (Lipinski definition) is 1. The Kier molecular flexibility index (Phi) is 5.21. The van der Waals surface area contributed by atoms with Crippen LogP contribution in [-0.2, 0) is 16.1 Å². The number of benzene rings is 2. The molecule has 0 radical (unpaired) electrons. The van der Waals surface area contributed by atoms with Crippen molar-refractivity contribution in [3.8, 4) is 0 Å². The first-order chi connectivity index (χ1) is 17.0. The average Bonchev–Trinajstić information content (AvgIpc) is 3.39. The highest BCUT2D eigenvalue weighted by atomic mass is 16.5. The van der Waals surface area contributed by atoms with E-state index in [0.29, 0.717) is 23.6 Å². The van der Waals surface area contributed by atoms with Gasteiger partial charge < -0.3 is 4.52 Å². The summed E-state index contributed by atoms with van der Waals surface area (Å²) >= 11 is 0. The fraction of sp³-hybridized carbons (Fsp3) is 0.346. The number of para-hydroxylation sites is 1. The maximum absolute atomic E-state index is 13.1. The average molecular weight is 473 g/mol. The van der Waals surface area contributed by atoms with Gasteiger partial charge in [0.05, 0.1) is 16.8 Å². The van der Waals surface area contributed by atoms with Crippen LogP contribution in [0.3, 0.4) is 0 Å². The van der Waals surface area contributed by atoms with E-state index >= 15 is 0 Å². The summed E-state index contributed by atoms with van der Waals surface area (Å²) in [4.78, 5) is 53.0. The van der Waals surface area contributed by atoms with Crippen molar-refractivity contribution in [3.63, 3.8) is 0 Å². The molecule has 0 bridgehead atoms. The van der Waals surface area contributed by atoms with Crippen LogP contribution in [0, 0.1) is 0 Å². The first-order valence-corrected chi connectivity index (χ1v) is 11.9. The molecule has 2 aromatic carbocycles. The minimum Gasteiger partial charge on any atom is -0.356 e. The lowest BCUT2D eigenvalue weighted by atomic mass is 9.91. The molecule has 0 spiro atoms. The van der Waals surface area contributed by atoms with Crippen molar-refractivity contribution < 1.29 is 23.7 Å². The highest BCUT2D eigenvalue weighted by Gasteiger charge is 2.44. The normalized spacial score (nSPS) is 21.6. The third kappa shape index (κ3) is 3.72. The number of piperidine rings is 2. The van der Waals surface area contributed by atoms with Gasteiger partial charge in [-0.1, -0.05) is 23.4 Å². The second-order valence-corrected chi connectivity index (χ2v) is 9.44. The Labute approximate surface area is 201 Å². The molecule has 9 nitrogen and oxygen atoms in total. The van der Waals surface area contributed by atoms with Crippen molar-refractivity contribution in [2.45, 2.75) is 44.2 Å². The quantitative estimate of drug-likeness (QED) is 0.581. The van der Waals surface area contributed by atoms with E-state index < -0.39 is 23.8 Å². The number of aromatic nitrogens is 1. The molecule has 3 aliphatic rings. The molecule has 1 unspecified atom stereocenters. The van der Waals surface area contributed by atoms with Crippen LogP contribution in [0.5, 0.6) is 0 Å². The van der Waals surface area contributed by atoms with Crippen LogP contribution in [-0.4, -0.2) is 57.7 Å². The third-order valence-corrected chi connectivity index (χ3v) is 7.29. The fourth-order valence-electron chi connectivity index (χ4n) is 5.44. The van der Waals surface area contributed by atoms with E-state index in [2.05, 4.69) is 21.4 Å². The topological polar surface area (TPSA) is 113 Å². The molecule has 35 heavy (non-hydrogen) atoms. The molecule has 9 heteroatoms. The number of carbonyl (C=O) groups is 4. The van der Waals surface area contributed by atoms with E-state index in [1.54, 1.807) is 12.1 Å². The molecule has 1 atom stereocenters. The summed E-state index contributed by atoms with van der Waals surface area (Å²) in [5, 5.41) is 7.62. The third-order valence-electron chi connectivity index (χ3n) is 7.29. The Balaban J connectivity index is 1.13. The zero-order valence-electron chi connectivity index (χ0n) is 19.0. The second-order valence-electron chi connectivity index (χ2n) is 9.44. The number of hydrogen-bond acceptors (Lipinski definition) is 7. The lowest BCUT2D eigenvalue weighted by Crippen LogP contribution is -2.54. The zero-order valence-corrected chi connectivity index (χ0v) is 19.0. The number of carbonyl (C=O) groups excluding carboxylic acids is 4. The Morgan fingerprint density at radius 1 is 0.943 bits per heavy atom. The van der Waals surface area contributed by atoms with Crippen molar-refractivity contribution in [2.75, 3.05) is 13.1 Å². The summed E-state index contributed by atoms with van der Waals surface area (Å²) in [6.45, 7) is 2.44. The summed E-state index contributed by atoms with van der Waals surface area (Å²) < 4.78 is 5.48. The van der Waals surface area contributed by atoms with Gasteiger partial charge in [0.25, 0.3) is 11.8 Å². The van der Waals surface area contributed by atoms with Gasteiger partial charge in [0.15, 0.2) is 5.58 Å². The molecule has 1 aromatic heterocycles. The van der Waals surface area contributed by atoms with E-state index in [-0.39, 0.29) is 18.7 Å². The SMILES string of the molecule is O=C1CCC(N2C(=O)c3ccc(CN4CCC(c5noc6ccccc56)CC4)cc3C2=O)C(=O)N1. The van der Waals surface area contributed by atoms with Crippen LogP contribution in [0.4, 0.5) is 0 Å². The van der Waals surface area contributed by atoms with E-state index in [9.17, 15) is 19.2 Å². The summed E-state index contributed by atoms with van der Waals surface area (Å²) in [6.07, 6.45) is 2.18. The summed E-state index contributed by atoms with van der Waals surface area (Å²) in [6, 6.07) is 12.3. The van der Waals surface area contributed by atoms with Crippen molar-refractivity contribution in [1.82, 2.24) is 20.3 Å². The molecule has 0 aliphatic carbocycles. The molecule has 2 saturated heterocycles. The summed E-state index contributed by atoms with van der Waals surface area (Å²) in [5.74, 6) is -1.59. The largest absolute Gasteiger partial charge is 0.356 e. The lowest BCUT2D eigenvalue weighted by molar-refractivity contribution is -0.136. The van der Waals surface area contributed by atoms with E-state index in [4.69, 9.17) is 4.52 Å². The highest BCUT2D eigenvalue weighted by molar-refractivity contribution is 6.23. The Morgan fingerprint density at radius 2 is 1.71 bits per heavy atom. The minimum atomic E-state index is -0.949. The number of nitrogens with zero attached hydrogens (tertiary/aromatic N) is 3. The number of likely N-dealkylation sites (tertiary alicyclic amines) is 1. The van der Waals surface area contributed by atoms with Gasteiger partial charge in [0.2, 0.25) is 11.8 Å². The van der Waals surface area contributed by atoms with Crippen molar-refractivity contribution >= 4 is 34.6 Å². The van der Waals surface area contributed by atoms with Gasteiger partial charge in [0, 0.05) is 24.3 Å². The molecule has 2 fully saturated rings. The molecule has 3 aliphatic heterocycles. The molecule has 1 N–H and O–H groups in total. The van der Waals surface area contributed by atoms with E-state index in [1.165, 1.54) is 0 Å². The molecule has 0 saturated carbocycles. The highest BCUT2D eigenvalue weighted by Crippen LogP contribution is 2.33. The molecular weight excluding hydrogens is 448 g/mol. The van der Waals surface area contributed by atoms with Gasteiger partial charge in [-0.2, -0.15) is 0 Å². The molecule has 4 amide bonds. The van der Waals surface area contributed by atoms with Crippen LogP contribution in [0.25, 0.3) is 11.0 Å². The monoisotopic (exact) mass is 472 g/mol. The maximum Gasteiger partial charge on any atom is 0.262 e. The number of nitrogens with one attached hydrogen (secondary N) is 1. The molecule has 178 valence electrons. The first-order valence-electron chi connectivity index (χ1n) is 11.9. The van der Waals surface area contributed by atoms with Crippen molar-refractivity contribution in [2.24, 2.45) is 0 Å². The molecular formula is C26H24N4O5. The van der Waals surface area contributed by atoms with Gasteiger partial charge in [-0.25, -0.2) is 0 Å². The van der Waals surface area contributed by atoms with Gasteiger partial charge in [-0.15, -0.1) is 0 Å². The maximum atomic E-state index is 13.1. The van der Waals surface area contributed by atoms with Crippen LogP contribution in [0.15, 0.2) is 47.0 Å². The summed E-state index contributed by atoms with van der Waals surface area (Å²) in [7, 11) is 0. The Bertz CT molecular complexity index is 1370. The van der Waals surface area contributed by atoms with E-state index in [0.717, 1.165) is 53.1 Å². The number of fused-ring (bicyclic) bond motifs is 2. The number of amides is 4. The fourth-order valence-corrected chi connectivity index (χ4v) is 5.44. The van der Waals surface area contributed by atoms with Crippen LogP contribution in [0.2, 0.25) is 0 Å². The number of rotatable bonds is 4. The molecule has 6 rings (SSSR count). The zero-order chi connectivity index (χ0) is 24.1.